The zero-order chi connectivity index (χ0) is 11.4. The fraction of sp³-hybridized carbons (Fsp3) is 0.600. The van der Waals surface area contributed by atoms with Gasteiger partial charge in [0.1, 0.15) is 5.75 Å². The number of benzene rings is 1. The van der Waals surface area contributed by atoms with Gasteiger partial charge in [0.25, 0.3) is 0 Å². The monoisotopic (exact) mass is 218 g/mol. The van der Waals surface area contributed by atoms with Gasteiger partial charge in [-0.3, -0.25) is 0 Å². The van der Waals surface area contributed by atoms with Crippen molar-refractivity contribution in [3.8, 4) is 5.75 Å². The molecule has 0 saturated heterocycles. The summed E-state index contributed by atoms with van der Waals surface area (Å²) < 4.78 is 6.12. The van der Waals surface area contributed by atoms with Crippen molar-refractivity contribution < 1.29 is 4.74 Å². The number of hydrogen-bond acceptors (Lipinski definition) is 1. The SMILES string of the molecule is Cc1ccc(OC2CCCCCC2)c(C)c1. The topological polar surface area (TPSA) is 9.23 Å². The van der Waals surface area contributed by atoms with Crippen LogP contribution in [0.1, 0.15) is 49.7 Å². The fourth-order valence-corrected chi connectivity index (χ4v) is 2.47. The van der Waals surface area contributed by atoms with Crippen molar-refractivity contribution in [1.82, 2.24) is 0 Å². The predicted octanol–water partition coefficient (Wildman–Crippen LogP) is 4.41. The minimum atomic E-state index is 0.448. The first kappa shape index (κ1) is 11.5. The number of rotatable bonds is 2. The average molecular weight is 218 g/mol. The lowest BCUT2D eigenvalue weighted by Gasteiger charge is -2.18. The second-order valence-corrected chi connectivity index (χ2v) is 5.00. The maximum absolute atomic E-state index is 6.12. The summed E-state index contributed by atoms with van der Waals surface area (Å²) in [4.78, 5) is 0. The molecule has 0 atom stereocenters. The number of ether oxygens (including phenoxy) is 1. The molecular weight excluding hydrogens is 196 g/mol. The first-order valence-electron chi connectivity index (χ1n) is 6.49. The van der Waals surface area contributed by atoms with Crippen LogP contribution in [0.25, 0.3) is 0 Å². The Morgan fingerprint density at radius 2 is 1.69 bits per heavy atom. The Hall–Kier alpha value is -0.980. The van der Waals surface area contributed by atoms with Crippen molar-refractivity contribution >= 4 is 0 Å². The standard InChI is InChI=1S/C15H22O/c1-12-9-10-15(13(2)11-12)16-14-7-5-3-4-6-8-14/h9-11,14H,3-8H2,1-2H3. The van der Waals surface area contributed by atoms with Crippen LogP contribution >= 0.6 is 0 Å². The van der Waals surface area contributed by atoms with Crippen molar-refractivity contribution in [2.24, 2.45) is 0 Å². The third kappa shape index (κ3) is 3.01. The van der Waals surface area contributed by atoms with Gasteiger partial charge >= 0.3 is 0 Å². The normalized spacial score (nSPS) is 18.1. The molecule has 0 spiro atoms. The molecule has 1 saturated carbocycles. The van der Waals surface area contributed by atoms with Gasteiger partial charge in [0.05, 0.1) is 6.10 Å². The van der Waals surface area contributed by atoms with Crippen LogP contribution in [0.2, 0.25) is 0 Å². The summed E-state index contributed by atoms with van der Waals surface area (Å²) in [6.07, 6.45) is 8.33. The van der Waals surface area contributed by atoms with Gasteiger partial charge in [0, 0.05) is 0 Å². The molecule has 1 fully saturated rings. The Kier molecular flexibility index (Phi) is 3.87. The third-order valence-corrected chi connectivity index (χ3v) is 3.43. The molecule has 1 aromatic rings. The minimum absolute atomic E-state index is 0.448. The quantitative estimate of drug-likeness (QED) is 0.668. The number of hydrogen-bond donors (Lipinski definition) is 0. The third-order valence-electron chi connectivity index (χ3n) is 3.43. The maximum Gasteiger partial charge on any atom is 0.122 e. The zero-order valence-corrected chi connectivity index (χ0v) is 10.5. The lowest BCUT2D eigenvalue weighted by molar-refractivity contribution is 0.182. The summed E-state index contributed by atoms with van der Waals surface area (Å²) in [7, 11) is 0. The zero-order valence-electron chi connectivity index (χ0n) is 10.5. The van der Waals surface area contributed by atoms with Gasteiger partial charge in [-0.25, -0.2) is 0 Å². The van der Waals surface area contributed by atoms with E-state index in [-0.39, 0.29) is 0 Å². The Labute approximate surface area is 98.8 Å². The molecule has 0 N–H and O–H groups in total. The average Bonchev–Trinajstić information content (AvgIpc) is 2.51. The Morgan fingerprint density at radius 1 is 1.00 bits per heavy atom. The molecule has 88 valence electrons. The van der Waals surface area contributed by atoms with Crippen molar-refractivity contribution in [3.05, 3.63) is 29.3 Å². The molecule has 1 aliphatic rings. The first-order valence-corrected chi connectivity index (χ1v) is 6.49. The first-order chi connectivity index (χ1) is 7.75. The maximum atomic E-state index is 6.12. The van der Waals surface area contributed by atoms with Gasteiger partial charge in [-0.2, -0.15) is 0 Å². The largest absolute Gasteiger partial charge is 0.490 e. The predicted molar refractivity (Wildman–Crippen MR) is 68.0 cm³/mol. The lowest BCUT2D eigenvalue weighted by Crippen LogP contribution is -2.15. The van der Waals surface area contributed by atoms with Gasteiger partial charge < -0.3 is 4.74 Å². The van der Waals surface area contributed by atoms with Crippen LogP contribution in [0.15, 0.2) is 18.2 Å². The highest BCUT2D eigenvalue weighted by Gasteiger charge is 2.14. The summed E-state index contributed by atoms with van der Waals surface area (Å²) in [6, 6.07) is 6.46. The molecule has 1 aliphatic carbocycles. The molecule has 2 rings (SSSR count). The van der Waals surface area contributed by atoms with Crippen LogP contribution in [0.4, 0.5) is 0 Å². The molecule has 1 nitrogen and oxygen atoms in total. The summed E-state index contributed by atoms with van der Waals surface area (Å²) in [5.74, 6) is 1.08. The number of aryl methyl sites for hydroxylation is 2. The summed E-state index contributed by atoms with van der Waals surface area (Å²) in [5, 5.41) is 0. The molecule has 0 unspecified atom stereocenters. The van der Waals surface area contributed by atoms with E-state index in [0.29, 0.717) is 6.10 Å². The van der Waals surface area contributed by atoms with E-state index in [0.717, 1.165) is 5.75 Å². The highest BCUT2D eigenvalue weighted by Crippen LogP contribution is 2.25. The van der Waals surface area contributed by atoms with Gasteiger partial charge in [0.2, 0.25) is 0 Å². The van der Waals surface area contributed by atoms with E-state index in [9.17, 15) is 0 Å². The van der Waals surface area contributed by atoms with Crippen LogP contribution in [0, 0.1) is 13.8 Å². The molecule has 16 heavy (non-hydrogen) atoms. The van der Waals surface area contributed by atoms with E-state index in [1.54, 1.807) is 0 Å². The molecule has 0 aromatic heterocycles. The molecule has 0 amide bonds. The van der Waals surface area contributed by atoms with Crippen molar-refractivity contribution in [1.29, 1.82) is 0 Å². The Balaban J connectivity index is 2.01. The highest BCUT2D eigenvalue weighted by atomic mass is 16.5. The molecule has 1 heteroatoms. The van der Waals surface area contributed by atoms with E-state index >= 15 is 0 Å². The van der Waals surface area contributed by atoms with Gasteiger partial charge in [-0.15, -0.1) is 0 Å². The van der Waals surface area contributed by atoms with Gasteiger partial charge in [-0.05, 0) is 51.2 Å². The second kappa shape index (κ2) is 5.38. The van der Waals surface area contributed by atoms with Crippen molar-refractivity contribution in [3.63, 3.8) is 0 Å². The summed E-state index contributed by atoms with van der Waals surface area (Å²) >= 11 is 0. The van der Waals surface area contributed by atoms with Crippen LogP contribution in [0.3, 0.4) is 0 Å². The molecule has 0 radical (unpaired) electrons. The van der Waals surface area contributed by atoms with E-state index in [4.69, 9.17) is 4.74 Å². The van der Waals surface area contributed by atoms with Crippen molar-refractivity contribution in [2.45, 2.75) is 58.5 Å². The Bertz CT molecular complexity index is 335. The van der Waals surface area contributed by atoms with E-state index in [2.05, 4.69) is 32.0 Å². The van der Waals surface area contributed by atoms with Gasteiger partial charge in [-0.1, -0.05) is 30.5 Å². The lowest BCUT2D eigenvalue weighted by atomic mass is 10.1. The van der Waals surface area contributed by atoms with Gasteiger partial charge in [0.15, 0.2) is 0 Å². The van der Waals surface area contributed by atoms with Crippen LogP contribution in [0.5, 0.6) is 5.75 Å². The summed E-state index contributed by atoms with van der Waals surface area (Å²) in [6.45, 7) is 4.27. The van der Waals surface area contributed by atoms with E-state index in [1.165, 1.54) is 49.7 Å². The second-order valence-electron chi connectivity index (χ2n) is 5.00. The fourth-order valence-electron chi connectivity index (χ4n) is 2.47. The summed E-state index contributed by atoms with van der Waals surface area (Å²) in [5.41, 5.74) is 2.58. The van der Waals surface area contributed by atoms with E-state index < -0.39 is 0 Å². The van der Waals surface area contributed by atoms with Crippen LogP contribution in [-0.2, 0) is 0 Å². The van der Waals surface area contributed by atoms with Crippen LogP contribution in [-0.4, -0.2) is 6.10 Å². The molecule has 0 heterocycles. The minimum Gasteiger partial charge on any atom is -0.490 e. The molecule has 0 aliphatic heterocycles. The Morgan fingerprint density at radius 3 is 2.31 bits per heavy atom. The molecule has 0 bridgehead atoms. The molecule has 1 aromatic carbocycles. The smallest absolute Gasteiger partial charge is 0.122 e. The van der Waals surface area contributed by atoms with Crippen molar-refractivity contribution in [2.75, 3.05) is 0 Å². The van der Waals surface area contributed by atoms with E-state index in [1.807, 2.05) is 0 Å². The highest BCUT2D eigenvalue weighted by molar-refractivity contribution is 5.35. The van der Waals surface area contributed by atoms with Crippen LogP contribution < -0.4 is 4.74 Å². The molecular formula is C15H22O.